The Morgan fingerprint density at radius 2 is 1.88 bits per heavy atom. The van der Waals surface area contributed by atoms with E-state index in [4.69, 9.17) is 0 Å². The summed E-state index contributed by atoms with van der Waals surface area (Å²) >= 11 is 1.50. The lowest BCUT2D eigenvalue weighted by atomic mass is 10.2. The van der Waals surface area contributed by atoms with E-state index in [1.165, 1.54) is 11.8 Å². The van der Waals surface area contributed by atoms with Crippen LogP contribution in [0.25, 0.3) is 11.0 Å². The number of rotatable bonds is 6. The fraction of sp³-hybridized carbons (Fsp3) is 0.263. The number of carbonyl (C=O) groups excluding carboxylic acids is 1. The molecular formula is C19H21N3OS. The molecule has 0 bridgehead atoms. The van der Waals surface area contributed by atoms with Gasteiger partial charge in [-0.25, -0.2) is 4.98 Å². The van der Waals surface area contributed by atoms with Crippen LogP contribution in [0.15, 0.2) is 59.8 Å². The lowest BCUT2D eigenvalue weighted by Gasteiger charge is -2.12. The number of para-hydroxylation sites is 2. The van der Waals surface area contributed by atoms with Crippen molar-refractivity contribution in [2.75, 3.05) is 0 Å². The third kappa shape index (κ3) is 3.62. The van der Waals surface area contributed by atoms with E-state index >= 15 is 0 Å². The van der Waals surface area contributed by atoms with Gasteiger partial charge in [0, 0.05) is 13.1 Å². The fourth-order valence-corrected chi connectivity index (χ4v) is 3.60. The minimum atomic E-state index is -0.198. The first-order chi connectivity index (χ1) is 11.7. The minimum Gasteiger partial charge on any atom is -0.351 e. The molecule has 1 amide bonds. The second-order valence-electron chi connectivity index (χ2n) is 5.59. The standard InChI is InChI=1S/C19H21N3OS/c1-3-22-17-12-8-7-11-16(17)21-19(22)24-14(2)18(23)20-13-15-9-5-4-6-10-15/h4-12,14H,3,13H2,1-2H3,(H,20,23)/t14-/m0/s1. The second kappa shape index (κ2) is 7.53. The smallest absolute Gasteiger partial charge is 0.233 e. The van der Waals surface area contributed by atoms with Crippen LogP contribution in [0.2, 0.25) is 0 Å². The lowest BCUT2D eigenvalue weighted by molar-refractivity contribution is -0.120. The number of aromatic nitrogens is 2. The van der Waals surface area contributed by atoms with Crippen molar-refractivity contribution in [3.63, 3.8) is 0 Å². The summed E-state index contributed by atoms with van der Waals surface area (Å²) in [6.45, 7) is 5.40. The van der Waals surface area contributed by atoms with Crippen LogP contribution in [0, 0.1) is 0 Å². The zero-order valence-corrected chi connectivity index (χ0v) is 14.7. The molecule has 1 heterocycles. The Hall–Kier alpha value is -2.27. The van der Waals surface area contributed by atoms with Gasteiger partial charge in [0.15, 0.2) is 5.16 Å². The summed E-state index contributed by atoms with van der Waals surface area (Å²) < 4.78 is 2.15. The van der Waals surface area contributed by atoms with Crippen LogP contribution in [-0.4, -0.2) is 20.7 Å². The number of aryl methyl sites for hydroxylation is 1. The summed E-state index contributed by atoms with van der Waals surface area (Å²) in [5.74, 6) is 0.0264. The summed E-state index contributed by atoms with van der Waals surface area (Å²) in [4.78, 5) is 17.0. The number of fused-ring (bicyclic) bond motifs is 1. The molecule has 2 aromatic carbocycles. The summed E-state index contributed by atoms with van der Waals surface area (Å²) in [6.07, 6.45) is 0. The molecule has 0 aliphatic carbocycles. The van der Waals surface area contributed by atoms with Gasteiger partial charge in [0.1, 0.15) is 0 Å². The van der Waals surface area contributed by atoms with Gasteiger partial charge in [0.2, 0.25) is 5.91 Å². The van der Waals surface area contributed by atoms with Crippen LogP contribution in [-0.2, 0) is 17.9 Å². The maximum atomic E-state index is 12.4. The molecule has 0 saturated heterocycles. The highest BCUT2D eigenvalue weighted by Crippen LogP contribution is 2.27. The summed E-state index contributed by atoms with van der Waals surface area (Å²) in [5, 5.41) is 3.68. The van der Waals surface area contributed by atoms with Crippen molar-refractivity contribution in [2.24, 2.45) is 0 Å². The number of nitrogens with zero attached hydrogens (tertiary/aromatic N) is 2. The number of benzene rings is 2. The van der Waals surface area contributed by atoms with E-state index in [0.717, 1.165) is 28.3 Å². The van der Waals surface area contributed by atoms with Gasteiger partial charge in [-0.05, 0) is 31.5 Å². The van der Waals surface area contributed by atoms with Gasteiger partial charge >= 0.3 is 0 Å². The maximum Gasteiger partial charge on any atom is 0.233 e. The number of carbonyl (C=O) groups is 1. The first-order valence-corrected chi connectivity index (χ1v) is 9.00. The highest BCUT2D eigenvalue weighted by Gasteiger charge is 2.18. The molecule has 0 aliphatic heterocycles. The topological polar surface area (TPSA) is 46.9 Å². The molecule has 0 radical (unpaired) electrons. The van der Waals surface area contributed by atoms with Crippen LogP contribution >= 0.6 is 11.8 Å². The van der Waals surface area contributed by atoms with Gasteiger partial charge in [-0.2, -0.15) is 0 Å². The van der Waals surface area contributed by atoms with E-state index < -0.39 is 0 Å². The molecule has 3 rings (SSSR count). The van der Waals surface area contributed by atoms with Crippen LogP contribution < -0.4 is 5.32 Å². The van der Waals surface area contributed by atoms with Crippen LogP contribution in [0.1, 0.15) is 19.4 Å². The molecule has 1 atom stereocenters. The monoisotopic (exact) mass is 339 g/mol. The first-order valence-electron chi connectivity index (χ1n) is 8.12. The molecule has 1 N–H and O–H groups in total. The normalized spacial score (nSPS) is 12.2. The average molecular weight is 339 g/mol. The Labute approximate surface area is 146 Å². The Bertz CT molecular complexity index is 829. The Morgan fingerprint density at radius 1 is 1.17 bits per heavy atom. The largest absolute Gasteiger partial charge is 0.351 e. The highest BCUT2D eigenvalue weighted by molar-refractivity contribution is 8.00. The van der Waals surface area contributed by atoms with E-state index in [2.05, 4.69) is 27.9 Å². The van der Waals surface area contributed by atoms with Gasteiger partial charge in [-0.3, -0.25) is 4.79 Å². The highest BCUT2D eigenvalue weighted by atomic mass is 32.2. The number of hydrogen-bond acceptors (Lipinski definition) is 3. The van der Waals surface area contributed by atoms with Crippen molar-refractivity contribution >= 4 is 28.7 Å². The molecule has 0 spiro atoms. The molecule has 1 aromatic heterocycles. The number of amides is 1. The zero-order chi connectivity index (χ0) is 16.9. The number of hydrogen-bond donors (Lipinski definition) is 1. The van der Waals surface area contributed by atoms with Gasteiger partial charge < -0.3 is 9.88 Å². The third-order valence-electron chi connectivity index (χ3n) is 3.90. The van der Waals surface area contributed by atoms with Gasteiger partial charge in [-0.1, -0.05) is 54.2 Å². The Kier molecular flexibility index (Phi) is 5.20. The first kappa shape index (κ1) is 16.6. The number of imidazole rings is 1. The van der Waals surface area contributed by atoms with Crippen LogP contribution in [0.5, 0.6) is 0 Å². The van der Waals surface area contributed by atoms with E-state index in [-0.39, 0.29) is 11.2 Å². The quantitative estimate of drug-likeness (QED) is 0.694. The van der Waals surface area contributed by atoms with Crippen molar-refractivity contribution < 1.29 is 4.79 Å². The molecule has 4 nitrogen and oxygen atoms in total. The average Bonchev–Trinajstić information content (AvgIpc) is 2.97. The number of thioether (sulfide) groups is 1. The molecule has 0 saturated carbocycles. The maximum absolute atomic E-state index is 12.4. The lowest BCUT2D eigenvalue weighted by Crippen LogP contribution is -2.30. The molecule has 0 aliphatic rings. The zero-order valence-electron chi connectivity index (χ0n) is 13.9. The molecule has 24 heavy (non-hydrogen) atoms. The summed E-state index contributed by atoms with van der Waals surface area (Å²) in [5.41, 5.74) is 3.18. The Balaban J connectivity index is 1.68. The predicted octanol–water partition coefficient (Wildman–Crippen LogP) is 3.85. The fourth-order valence-electron chi connectivity index (χ4n) is 2.59. The van der Waals surface area contributed by atoms with Crippen molar-refractivity contribution in [1.82, 2.24) is 14.9 Å². The van der Waals surface area contributed by atoms with Gasteiger partial charge in [0.25, 0.3) is 0 Å². The predicted molar refractivity (Wildman–Crippen MR) is 99.0 cm³/mol. The van der Waals surface area contributed by atoms with E-state index in [9.17, 15) is 4.79 Å². The van der Waals surface area contributed by atoms with Crippen LogP contribution in [0.3, 0.4) is 0 Å². The molecule has 5 heteroatoms. The molecular weight excluding hydrogens is 318 g/mol. The van der Waals surface area contributed by atoms with Gasteiger partial charge in [-0.15, -0.1) is 0 Å². The van der Waals surface area contributed by atoms with Crippen molar-refractivity contribution in [1.29, 1.82) is 0 Å². The second-order valence-corrected chi connectivity index (χ2v) is 6.90. The van der Waals surface area contributed by atoms with Crippen LogP contribution in [0.4, 0.5) is 0 Å². The Morgan fingerprint density at radius 3 is 2.62 bits per heavy atom. The van der Waals surface area contributed by atoms with E-state index in [1.807, 2.05) is 55.5 Å². The van der Waals surface area contributed by atoms with E-state index in [0.29, 0.717) is 6.54 Å². The third-order valence-corrected chi connectivity index (χ3v) is 4.99. The molecule has 124 valence electrons. The van der Waals surface area contributed by atoms with Crippen molar-refractivity contribution in [3.05, 3.63) is 60.2 Å². The summed E-state index contributed by atoms with van der Waals surface area (Å²) in [6, 6.07) is 18.0. The van der Waals surface area contributed by atoms with Crippen molar-refractivity contribution in [2.45, 2.75) is 37.3 Å². The van der Waals surface area contributed by atoms with Gasteiger partial charge in [0.05, 0.1) is 16.3 Å². The molecule has 0 unspecified atom stereocenters. The molecule has 0 fully saturated rings. The number of nitrogens with one attached hydrogen (secondary N) is 1. The minimum absolute atomic E-state index is 0.0264. The SMILES string of the molecule is CCn1c(S[C@@H](C)C(=O)NCc2ccccc2)nc2ccccc21. The molecule has 3 aromatic rings. The van der Waals surface area contributed by atoms with E-state index in [1.54, 1.807) is 0 Å². The van der Waals surface area contributed by atoms with Crippen molar-refractivity contribution in [3.8, 4) is 0 Å². The summed E-state index contributed by atoms with van der Waals surface area (Å²) in [7, 11) is 0.